The molecule has 2 N–H and O–H groups in total. The van der Waals surface area contributed by atoms with Crippen LogP contribution in [-0.2, 0) is 13.0 Å². The number of rotatable bonds is 2. The van der Waals surface area contributed by atoms with E-state index in [1.54, 1.807) is 0 Å². The van der Waals surface area contributed by atoms with Crippen molar-refractivity contribution in [2.75, 3.05) is 6.61 Å². The van der Waals surface area contributed by atoms with E-state index < -0.39 is 0 Å². The van der Waals surface area contributed by atoms with Crippen molar-refractivity contribution in [3.05, 3.63) is 29.2 Å². The minimum Gasteiger partial charge on any atom is -0.493 e. The SMILES string of the molecule is Cc1ccc2c(c1-c1noc(CN)n1)CCO2. The molecule has 88 valence electrons. The summed E-state index contributed by atoms with van der Waals surface area (Å²) in [5.74, 6) is 1.98. The van der Waals surface area contributed by atoms with Crippen LogP contribution in [0.25, 0.3) is 11.4 Å². The maximum atomic E-state index is 5.54. The van der Waals surface area contributed by atoms with Gasteiger partial charge in [-0.2, -0.15) is 4.98 Å². The number of benzene rings is 1. The zero-order valence-corrected chi connectivity index (χ0v) is 9.56. The monoisotopic (exact) mass is 231 g/mol. The zero-order chi connectivity index (χ0) is 11.8. The number of nitrogens with zero attached hydrogens (tertiary/aromatic N) is 2. The fourth-order valence-electron chi connectivity index (χ4n) is 2.14. The first-order valence-corrected chi connectivity index (χ1v) is 5.58. The third-order valence-corrected chi connectivity index (χ3v) is 2.95. The second-order valence-electron chi connectivity index (χ2n) is 4.05. The largest absolute Gasteiger partial charge is 0.493 e. The molecule has 0 spiro atoms. The van der Waals surface area contributed by atoms with Crippen LogP contribution in [-0.4, -0.2) is 16.7 Å². The van der Waals surface area contributed by atoms with Crippen LogP contribution in [0.1, 0.15) is 17.0 Å². The first kappa shape index (κ1) is 10.3. The smallest absolute Gasteiger partial charge is 0.240 e. The van der Waals surface area contributed by atoms with Crippen LogP contribution < -0.4 is 10.5 Å². The van der Waals surface area contributed by atoms with E-state index in [1.807, 2.05) is 19.1 Å². The quantitative estimate of drug-likeness (QED) is 0.846. The Balaban J connectivity index is 2.16. The molecule has 0 radical (unpaired) electrons. The molecule has 2 aromatic rings. The van der Waals surface area contributed by atoms with Crippen LogP contribution >= 0.6 is 0 Å². The highest BCUT2D eigenvalue weighted by Gasteiger charge is 2.21. The van der Waals surface area contributed by atoms with Gasteiger partial charge >= 0.3 is 0 Å². The second kappa shape index (κ2) is 3.85. The Hall–Kier alpha value is -1.88. The first-order valence-electron chi connectivity index (χ1n) is 5.58. The van der Waals surface area contributed by atoms with E-state index in [-0.39, 0.29) is 6.54 Å². The Morgan fingerprint density at radius 3 is 3.06 bits per heavy atom. The van der Waals surface area contributed by atoms with Gasteiger partial charge < -0.3 is 15.0 Å². The van der Waals surface area contributed by atoms with Crippen LogP contribution in [0.15, 0.2) is 16.7 Å². The fraction of sp³-hybridized carbons (Fsp3) is 0.333. The van der Waals surface area contributed by atoms with Gasteiger partial charge in [-0.25, -0.2) is 0 Å². The van der Waals surface area contributed by atoms with Crippen LogP contribution in [0.5, 0.6) is 5.75 Å². The summed E-state index contributed by atoms with van der Waals surface area (Å²) in [6.45, 7) is 3.01. The molecule has 0 aliphatic carbocycles. The molecule has 0 amide bonds. The lowest BCUT2D eigenvalue weighted by molar-refractivity contribution is 0.357. The molecular formula is C12H13N3O2. The van der Waals surface area contributed by atoms with Gasteiger partial charge in [-0.1, -0.05) is 11.2 Å². The van der Waals surface area contributed by atoms with Gasteiger partial charge in [0, 0.05) is 17.5 Å². The lowest BCUT2D eigenvalue weighted by atomic mass is 9.99. The fourth-order valence-corrected chi connectivity index (χ4v) is 2.14. The number of aryl methyl sites for hydroxylation is 1. The standard InChI is InChI=1S/C12H13N3O2/c1-7-2-3-9-8(4-5-16-9)11(7)12-14-10(6-13)17-15-12/h2-3H,4-6,13H2,1H3. The van der Waals surface area contributed by atoms with Crippen molar-refractivity contribution in [1.29, 1.82) is 0 Å². The molecule has 1 aromatic heterocycles. The van der Waals surface area contributed by atoms with Crippen molar-refractivity contribution in [3.8, 4) is 17.1 Å². The van der Waals surface area contributed by atoms with E-state index in [0.29, 0.717) is 18.3 Å². The molecule has 1 aliphatic rings. The van der Waals surface area contributed by atoms with Gasteiger partial charge in [-0.3, -0.25) is 0 Å². The lowest BCUT2D eigenvalue weighted by Crippen LogP contribution is -1.96. The van der Waals surface area contributed by atoms with Crippen LogP contribution in [0.4, 0.5) is 0 Å². The second-order valence-corrected chi connectivity index (χ2v) is 4.05. The van der Waals surface area contributed by atoms with E-state index in [1.165, 1.54) is 0 Å². The summed E-state index contributed by atoms with van der Waals surface area (Å²) in [6.07, 6.45) is 0.888. The predicted molar refractivity (Wildman–Crippen MR) is 61.6 cm³/mol. The molecule has 5 heteroatoms. The molecule has 0 saturated heterocycles. The molecule has 2 heterocycles. The van der Waals surface area contributed by atoms with Crippen LogP contribution in [0.3, 0.4) is 0 Å². The Kier molecular flexibility index (Phi) is 2.33. The van der Waals surface area contributed by atoms with Gasteiger partial charge in [0.2, 0.25) is 11.7 Å². The number of hydrogen-bond donors (Lipinski definition) is 1. The van der Waals surface area contributed by atoms with Gasteiger partial charge in [0.1, 0.15) is 5.75 Å². The third-order valence-electron chi connectivity index (χ3n) is 2.95. The van der Waals surface area contributed by atoms with Crippen molar-refractivity contribution >= 4 is 0 Å². The molecule has 0 bridgehead atoms. The zero-order valence-electron chi connectivity index (χ0n) is 9.56. The van der Waals surface area contributed by atoms with Crippen molar-refractivity contribution < 1.29 is 9.26 Å². The Morgan fingerprint density at radius 1 is 1.41 bits per heavy atom. The summed E-state index contributed by atoms with van der Waals surface area (Å²) in [4.78, 5) is 4.28. The molecule has 0 unspecified atom stereocenters. The molecular weight excluding hydrogens is 218 g/mol. The molecule has 5 nitrogen and oxygen atoms in total. The minimum atomic E-state index is 0.261. The van der Waals surface area contributed by atoms with Gasteiger partial charge in [-0.05, 0) is 18.6 Å². The Morgan fingerprint density at radius 2 is 2.29 bits per heavy atom. The van der Waals surface area contributed by atoms with Gasteiger partial charge in [0.25, 0.3) is 0 Å². The molecule has 0 fully saturated rings. The topological polar surface area (TPSA) is 74.2 Å². The predicted octanol–water partition coefficient (Wildman–Crippen LogP) is 1.44. The lowest BCUT2D eigenvalue weighted by Gasteiger charge is -2.06. The summed E-state index contributed by atoms with van der Waals surface area (Å²) in [5, 5.41) is 3.97. The van der Waals surface area contributed by atoms with Gasteiger partial charge in [0.05, 0.1) is 13.2 Å². The third kappa shape index (κ3) is 1.59. The van der Waals surface area contributed by atoms with Crippen molar-refractivity contribution in [2.45, 2.75) is 19.9 Å². The number of hydrogen-bond acceptors (Lipinski definition) is 5. The Bertz CT molecular complexity index is 563. The van der Waals surface area contributed by atoms with E-state index >= 15 is 0 Å². The summed E-state index contributed by atoms with van der Waals surface area (Å²) in [7, 11) is 0. The first-order chi connectivity index (χ1) is 8.29. The maximum absolute atomic E-state index is 5.54. The molecule has 3 rings (SSSR count). The van der Waals surface area contributed by atoms with Gasteiger partial charge in [-0.15, -0.1) is 0 Å². The van der Waals surface area contributed by atoms with E-state index in [4.69, 9.17) is 15.0 Å². The van der Waals surface area contributed by atoms with Gasteiger partial charge in [0.15, 0.2) is 0 Å². The highest BCUT2D eigenvalue weighted by atomic mass is 16.5. The number of ether oxygens (including phenoxy) is 1. The van der Waals surface area contributed by atoms with E-state index in [9.17, 15) is 0 Å². The highest BCUT2D eigenvalue weighted by molar-refractivity contribution is 5.68. The van der Waals surface area contributed by atoms with Crippen molar-refractivity contribution in [2.24, 2.45) is 5.73 Å². The van der Waals surface area contributed by atoms with Crippen molar-refractivity contribution in [1.82, 2.24) is 10.1 Å². The molecule has 0 saturated carbocycles. The summed E-state index contributed by atoms with van der Waals surface area (Å²) < 4.78 is 10.6. The summed E-state index contributed by atoms with van der Waals surface area (Å²) in [5.41, 5.74) is 8.77. The number of nitrogens with two attached hydrogens (primary N) is 1. The minimum absolute atomic E-state index is 0.261. The molecule has 1 aromatic carbocycles. The Labute approximate surface area is 98.6 Å². The normalized spacial score (nSPS) is 13.5. The molecule has 0 atom stereocenters. The molecule has 17 heavy (non-hydrogen) atoms. The molecule has 1 aliphatic heterocycles. The average Bonchev–Trinajstić information content (AvgIpc) is 2.96. The van der Waals surface area contributed by atoms with Crippen molar-refractivity contribution in [3.63, 3.8) is 0 Å². The average molecular weight is 231 g/mol. The number of fused-ring (bicyclic) bond motifs is 1. The van der Waals surface area contributed by atoms with E-state index in [0.717, 1.165) is 28.9 Å². The van der Waals surface area contributed by atoms with Crippen LogP contribution in [0.2, 0.25) is 0 Å². The summed E-state index contributed by atoms with van der Waals surface area (Å²) in [6, 6.07) is 4.00. The van der Waals surface area contributed by atoms with E-state index in [2.05, 4.69) is 10.1 Å². The maximum Gasteiger partial charge on any atom is 0.240 e. The van der Waals surface area contributed by atoms with Crippen LogP contribution in [0, 0.1) is 6.92 Å². The number of aromatic nitrogens is 2. The highest BCUT2D eigenvalue weighted by Crippen LogP contribution is 2.35. The summed E-state index contributed by atoms with van der Waals surface area (Å²) >= 11 is 0.